The van der Waals surface area contributed by atoms with Crippen LogP contribution in [0.1, 0.15) is 48.8 Å². The molecule has 0 atom stereocenters. The Balaban J connectivity index is 1.34. The Hall–Kier alpha value is -3.82. The first-order valence-electron chi connectivity index (χ1n) is 12.3. The van der Waals surface area contributed by atoms with Crippen molar-refractivity contribution < 1.29 is 9.53 Å². The molecule has 36 heavy (non-hydrogen) atoms. The van der Waals surface area contributed by atoms with Gasteiger partial charge >= 0.3 is 0 Å². The second-order valence-electron chi connectivity index (χ2n) is 8.93. The number of para-hydroxylation sites is 1. The highest BCUT2D eigenvalue weighted by Crippen LogP contribution is 2.38. The van der Waals surface area contributed by atoms with E-state index in [0.717, 1.165) is 47.7 Å². The Morgan fingerprint density at radius 3 is 2.44 bits per heavy atom. The van der Waals surface area contributed by atoms with Crippen molar-refractivity contribution in [2.24, 2.45) is 4.99 Å². The summed E-state index contributed by atoms with van der Waals surface area (Å²) in [7, 11) is 0. The van der Waals surface area contributed by atoms with Gasteiger partial charge in [0.15, 0.2) is 5.17 Å². The number of amidine groups is 1. The predicted molar refractivity (Wildman–Crippen MR) is 145 cm³/mol. The van der Waals surface area contributed by atoms with Crippen LogP contribution in [0.4, 0.5) is 5.69 Å². The van der Waals surface area contributed by atoms with E-state index in [1.54, 1.807) is 6.07 Å². The minimum absolute atomic E-state index is 0.0371. The van der Waals surface area contributed by atoms with Crippen LogP contribution in [0.15, 0.2) is 88.8 Å². The second-order valence-corrected chi connectivity index (χ2v) is 9.94. The van der Waals surface area contributed by atoms with E-state index in [1.165, 1.54) is 18.2 Å². The molecule has 0 bridgehead atoms. The highest BCUT2D eigenvalue weighted by Gasteiger charge is 2.38. The van der Waals surface area contributed by atoms with E-state index in [9.17, 15) is 10.1 Å². The van der Waals surface area contributed by atoms with Crippen molar-refractivity contribution in [1.82, 2.24) is 4.90 Å². The third-order valence-electron chi connectivity index (χ3n) is 6.47. The number of aliphatic imine (C=N–C) groups is 1. The molecular formula is C30H27N3O2S. The standard InChI is InChI=1S/C30H27N3O2S/c31-20-23-9-7-8-10-24(23)21-35-27-17-15-22(16-18-27)19-28-29(34)33(26-13-5-2-6-14-26)30(36-28)32-25-11-3-1-4-12-25/h1,3-4,7-12,15-19,26H,2,5-6,13-14,21H2/b28-19+,32-30?. The highest BCUT2D eigenvalue weighted by atomic mass is 32.2. The van der Waals surface area contributed by atoms with Crippen LogP contribution < -0.4 is 4.74 Å². The Kier molecular flexibility index (Phi) is 7.49. The van der Waals surface area contributed by atoms with Gasteiger partial charge in [0.05, 0.1) is 22.2 Å². The van der Waals surface area contributed by atoms with Gasteiger partial charge < -0.3 is 4.74 Å². The van der Waals surface area contributed by atoms with Crippen LogP contribution in [0, 0.1) is 11.3 Å². The maximum Gasteiger partial charge on any atom is 0.267 e. The number of thioether (sulfide) groups is 1. The van der Waals surface area contributed by atoms with Gasteiger partial charge in [-0.3, -0.25) is 9.69 Å². The van der Waals surface area contributed by atoms with Crippen LogP contribution in [0.25, 0.3) is 6.08 Å². The molecule has 3 aromatic carbocycles. The van der Waals surface area contributed by atoms with E-state index in [2.05, 4.69) is 6.07 Å². The molecule has 6 heteroatoms. The van der Waals surface area contributed by atoms with Gasteiger partial charge in [-0.15, -0.1) is 0 Å². The lowest BCUT2D eigenvalue weighted by molar-refractivity contribution is -0.124. The van der Waals surface area contributed by atoms with E-state index in [0.29, 0.717) is 22.8 Å². The fraction of sp³-hybridized carbons (Fsp3) is 0.233. The molecule has 2 aliphatic rings. The number of carbonyl (C=O) groups excluding carboxylic acids is 1. The van der Waals surface area contributed by atoms with Crippen molar-refractivity contribution >= 4 is 34.6 Å². The summed E-state index contributed by atoms with van der Waals surface area (Å²) in [5.74, 6) is 0.750. The first-order valence-corrected chi connectivity index (χ1v) is 13.1. The molecule has 5 rings (SSSR count). The molecule has 2 fully saturated rings. The zero-order valence-corrected chi connectivity index (χ0v) is 20.8. The van der Waals surface area contributed by atoms with Crippen molar-refractivity contribution in [3.8, 4) is 11.8 Å². The van der Waals surface area contributed by atoms with Gasteiger partial charge in [0.2, 0.25) is 0 Å². The number of ether oxygens (including phenoxy) is 1. The molecule has 1 amide bonds. The number of nitrogens with zero attached hydrogens (tertiary/aromatic N) is 3. The van der Waals surface area contributed by atoms with Crippen LogP contribution in [-0.4, -0.2) is 22.0 Å². The number of benzene rings is 3. The van der Waals surface area contributed by atoms with Crippen molar-refractivity contribution in [3.05, 3.63) is 100 Å². The summed E-state index contributed by atoms with van der Waals surface area (Å²) in [6.07, 6.45) is 7.51. The summed E-state index contributed by atoms with van der Waals surface area (Å²) in [5, 5.41) is 10.0. The van der Waals surface area contributed by atoms with E-state index in [1.807, 2.05) is 83.8 Å². The Morgan fingerprint density at radius 1 is 0.972 bits per heavy atom. The van der Waals surface area contributed by atoms with Crippen LogP contribution in [0.5, 0.6) is 5.75 Å². The zero-order valence-electron chi connectivity index (χ0n) is 20.0. The molecule has 5 nitrogen and oxygen atoms in total. The van der Waals surface area contributed by atoms with E-state index in [4.69, 9.17) is 9.73 Å². The number of nitriles is 1. The topological polar surface area (TPSA) is 65.7 Å². The lowest BCUT2D eigenvalue weighted by Gasteiger charge is -2.30. The number of hydrogen-bond donors (Lipinski definition) is 0. The Morgan fingerprint density at radius 2 is 1.69 bits per heavy atom. The van der Waals surface area contributed by atoms with Crippen LogP contribution in [0.2, 0.25) is 0 Å². The molecule has 1 saturated carbocycles. The third-order valence-corrected chi connectivity index (χ3v) is 7.45. The molecule has 1 aliphatic carbocycles. The molecule has 0 N–H and O–H groups in total. The molecule has 0 aromatic heterocycles. The van der Waals surface area contributed by atoms with E-state index < -0.39 is 0 Å². The molecule has 0 radical (unpaired) electrons. The smallest absolute Gasteiger partial charge is 0.267 e. The number of hydrogen-bond acceptors (Lipinski definition) is 5. The quantitative estimate of drug-likeness (QED) is 0.344. The van der Waals surface area contributed by atoms with Gasteiger partial charge in [-0.05, 0) is 66.6 Å². The number of amides is 1. The fourth-order valence-electron chi connectivity index (χ4n) is 4.57. The van der Waals surface area contributed by atoms with Gasteiger partial charge in [0, 0.05) is 11.6 Å². The maximum atomic E-state index is 13.5. The lowest BCUT2D eigenvalue weighted by Crippen LogP contribution is -2.40. The monoisotopic (exact) mass is 493 g/mol. The first-order chi connectivity index (χ1) is 17.7. The Labute approximate surface area is 216 Å². The van der Waals surface area contributed by atoms with Crippen molar-refractivity contribution in [2.75, 3.05) is 0 Å². The Bertz CT molecular complexity index is 1320. The number of carbonyl (C=O) groups is 1. The summed E-state index contributed by atoms with van der Waals surface area (Å²) in [6, 6.07) is 27.3. The molecule has 1 saturated heterocycles. The molecular weight excluding hydrogens is 466 g/mol. The van der Waals surface area contributed by atoms with E-state index >= 15 is 0 Å². The van der Waals surface area contributed by atoms with E-state index in [-0.39, 0.29) is 11.9 Å². The van der Waals surface area contributed by atoms with Crippen LogP contribution >= 0.6 is 11.8 Å². The molecule has 0 unspecified atom stereocenters. The molecule has 1 aliphatic heterocycles. The maximum absolute atomic E-state index is 13.5. The van der Waals surface area contributed by atoms with Crippen LogP contribution in [-0.2, 0) is 11.4 Å². The van der Waals surface area contributed by atoms with Crippen molar-refractivity contribution in [2.45, 2.75) is 44.8 Å². The van der Waals surface area contributed by atoms with Crippen molar-refractivity contribution in [1.29, 1.82) is 5.26 Å². The van der Waals surface area contributed by atoms with Gasteiger partial charge in [-0.2, -0.15) is 5.26 Å². The summed E-state index contributed by atoms with van der Waals surface area (Å²) >= 11 is 1.45. The van der Waals surface area contributed by atoms with Gasteiger partial charge in [0.1, 0.15) is 12.4 Å². The fourth-order valence-corrected chi connectivity index (χ4v) is 5.63. The summed E-state index contributed by atoms with van der Waals surface area (Å²) in [5.41, 5.74) is 3.26. The van der Waals surface area contributed by atoms with Gasteiger partial charge in [-0.25, -0.2) is 4.99 Å². The van der Waals surface area contributed by atoms with Crippen molar-refractivity contribution in [3.63, 3.8) is 0 Å². The lowest BCUT2D eigenvalue weighted by atomic mass is 9.94. The average molecular weight is 494 g/mol. The number of rotatable bonds is 6. The molecule has 3 aromatic rings. The first kappa shape index (κ1) is 23.9. The van der Waals surface area contributed by atoms with Crippen LogP contribution in [0.3, 0.4) is 0 Å². The molecule has 0 spiro atoms. The summed E-state index contributed by atoms with van der Waals surface area (Å²) in [4.78, 5) is 21.0. The minimum Gasteiger partial charge on any atom is -0.489 e. The van der Waals surface area contributed by atoms with Gasteiger partial charge in [0.25, 0.3) is 5.91 Å². The second kappa shape index (κ2) is 11.3. The minimum atomic E-state index is 0.0371. The summed E-state index contributed by atoms with van der Waals surface area (Å²) in [6.45, 7) is 0.328. The zero-order chi connectivity index (χ0) is 24.7. The normalized spacial score (nSPS) is 18.5. The third kappa shape index (κ3) is 5.53. The highest BCUT2D eigenvalue weighted by molar-refractivity contribution is 8.18. The summed E-state index contributed by atoms with van der Waals surface area (Å²) < 4.78 is 5.89. The molecule has 1 heterocycles. The predicted octanol–water partition coefficient (Wildman–Crippen LogP) is 7.07. The van der Waals surface area contributed by atoms with Gasteiger partial charge in [-0.1, -0.05) is 67.8 Å². The molecule has 180 valence electrons. The largest absolute Gasteiger partial charge is 0.489 e. The SMILES string of the molecule is N#Cc1ccccc1COc1ccc(/C=C2/SC(=Nc3ccccc3)N(C3CCCCC3)C2=O)cc1. The average Bonchev–Trinajstić information content (AvgIpc) is 3.23.